The highest BCUT2D eigenvalue weighted by Crippen LogP contribution is 2.28. The third kappa shape index (κ3) is 5.55. The number of hydrogen-bond acceptors (Lipinski definition) is 7. The van der Waals surface area contributed by atoms with E-state index in [0.717, 1.165) is 11.8 Å². The molecule has 0 saturated carbocycles. The number of nitrogens with one attached hydrogen (secondary N) is 1. The maximum atomic E-state index is 13.3. The lowest BCUT2D eigenvalue weighted by Gasteiger charge is -2.14. The van der Waals surface area contributed by atoms with Gasteiger partial charge in [-0.25, -0.2) is 4.98 Å². The molecule has 0 aliphatic rings. The number of carbonyl (C=O) groups is 1. The number of fused-ring (bicyclic) bond motifs is 1. The molecule has 1 heterocycles. The largest absolute Gasteiger partial charge is 0.325 e. The molecule has 0 unspecified atom stereocenters. The molecule has 4 rings (SSSR count). The van der Waals surface area contributed by atoms with Gasteiger partial charge in [-0.15, -0.1) is 0 Å². The number of amides is 1. The number of nitro groups is 1. The van der Waals surface area contributed by atoms with Crippen molar-refractivity contribution in [3.05, 3.63) is 92.8 Å². The van der Waals surface area contributed by atoms with E-state index >= 15 is 0 Å². The summed E-state index contributed by atoms with van der Waals surface area (Å²) >= 11 is 1.41. The van der Waals surface area contributed by atoms with E-state index in [9.17, 15) is 28.5 Å². The first-order valence-electron chi connectivity index (χ1n) is 10.5. The van der Waals surface area contributed by atoms with Crippen LogP contribution in [0.25, 0.3) is 16.6 Å². The van der Waals surface area contributed by atoms with Crippen LogP contribution >= 0.6 is 23.5 Å². The molecule has 3 aromatic carbocycles. The fraction of sp³-hybridized carbons (Fsp3) is 0.125. The minimum atomic E-state index is -2.57. The topological polar surface area (TPSA) is 107 Å². The second-order valence-electron chi connectivity index (χ2n) is 7.47. The van der Waals surface area contributed by atoms with E-state index in [1.54, 1.807) is 49.4 Å². The second kappa shape index (κ2) is 10.9. The average Bonchev–Trinajstić information content (AvgIpc) is 2.84. The third-order valence-corrected chi connectivity index (χ3v) is 6.83. The van der Waals surface area contributed by atoms with Gasteiger partial charge in [0.05, 0.1) is 38.5 Å². The first kappa shape index (κ1) is 25.3. The smallest absolute Gasteiger partial charge is 0.288 e. The molecule has 0 saturated heterocycles. The number of anilines is 1. The van der Waals surface area contributed by atoms with Crippen LogP contribution in [0.15, 0.2) is 81.6 Å². The van der Waals surface area contributed by atoms with Crippen LogP contribution in [0.3, 0.4) is 0 Å². The molecule has 0 fully saturated rings. The Balaban J connectivity index is 1.64. The van der Waals surface area contributed by atoms with Gasteiger partial charge in [0.15, 0.2) is 5.16 Å². The van der Waals surface area contributed by atoms with Gasteiger partial charge in [-0.3, -0.25) is 24.3 Å². The van der Waals surface area contributed by atoms with Crippen LogP contribution in [0.1, 0.15) is 5.56 Å². The lowest BCUT2D eigenvalue weighted by Crippen LogP contribution is -2.23. The zero-order valence-corrected chi connectivity index (χ0v) is 20.3. The number of halogens is 2. The number of alkyl halides is 2. The Morgan fingerprint density at radius 3 is 2.53 bits per heavy atom. The molecule has 184 valence electrons. The van der Waals surface area contributed by atoms with E-state index in [0.29, 0.717) is 44.5 Å². The van der Waals surface area contributed by atoms with E-state index in [-0.39, 0.29) is 22.2 Å². The maximum absolute atomic E-state index is 13.3. The SMILES string of the molecule is Cc1c(NC(=O)CSc2nc3ccccc3c(=O)n2-c2ccc(SC(F)F)cc2)cccc1[N+](=O)[O-]. The number of thioether (sulfide) groups is 2. The predicted molar refractivity (Wildman–Crippen MR) is 136 cm³/mol. The van der Waals surface area contributed by atoms with Crippen molar-refractivity contribution in [3.8, 4) is 5.69 Å². The van der Waals surface area contributed by atoms with Crippen molar-refractivity contribution in [3.63, 3.8) is 0 Å². The van der Waals surface area contributed by atoms with Crippen molar-refractivity contribution in [2.75, 3.05) is 11.1 Å². The van der Waals surface area contributed by atoms with Crippen LogP contribution in [0.5, 0.6) is 0 Å². The van der Waals surface area contributed by atoms with Crippen molar-refractivity contribution in [1.29, 1.82) is 0 Å². The molecule has 0 radical (unpaired) electrons. The number of para-hydroxylation sites is 1. The lowest BCUT2D eigenvalue weighted by atomic mass is 10.1. The first-order chi connectivity index (χ1) is 17.2. The summed E-state index contributed by atoms with van der Waals surface area (Å²) in [5, 5.41) is 14.4. The molecule has 0 spiro atoms. The van der Waals surface area contributed by atoms with E-state index in [2.05, 4.69) is 10.3 Å². The summed E-state index contributed by atoms with van der Waals surface area (Å²) in [6, 6.07) is 17.2. The minimum Gasteiger partial charge on any atom is -0.325 e. The Kier molecular flexibility index (Phi) is 7.65. The van der Waals surface area contributed by atoms with Crippen molar-refractivity contribution in [1.82, 2.24) is 9.55 Å². The molecule has 8 nitrogen and oxygen atoms in total. The summed E-state index contributed by atoms with van der Waals surface area (Å²) in [6.07, 6.45) is 0. The molecule has 0 bridgehead atoms. The number of benzene rings is 3. The summed E-state index contributed by atoms with van der Waals surface area (Å²) < 4.78 is 26.7. The number of nitro benzene ring substituents is 1. The molecule has 36 heavy (non-hydrogen) atoms. The van der Waals surface area contributed by atoms with Crippen LogP contribution < -0.4 is 10.9 Å². The second-order valence-corrected chi connectivity index (χ2v) is 9.47. The van der Waals surface area contributed by atoms with Crippen molar-refractivity contribution in [2.45, 2.75) is 22.7 Å². The van der Waals surface area contributed by atoms with Gasteiger partial charge in [0.2, 0.25) is 5.91 Å². The minimum absolute atomic E-state index is 0.112. The van der Waals surface area contributed by atoms with E-state index in [1.807, 2.05) is 0 Å². The Morgan fingerprint density at radius 1 is 1.11 bits per heavy atom. The first-order valence-corrected chi connectivity index (χ1v) is 12.3. The fourth-order valence-corrected chi connectivity index (χ4v) is 4.80. The molecule has 1 N–H and O–H groups in total. The summed E-state index contributed by atoms with van der Waals surface area (Å²) in [5.41, 5.74) is 1.01. The molecule has 0 aliphatic carbocycles. The molecule has 0 aliphatic heterocycles. The van der Waals surface area contributed by atoms with Crippen LogP contribution in [0.2, 0.25) is 0 Å². The van der Waals surface area contributed by atoms with Crippen molar-refractivity contribution in [2.24, 2.45) is 0 Å². The standard InChI is InChI=1S/C24H18F2N4O4S2/c1-14-18(7-4-8-20(14)30(33)34)27-21(31)13-35-24-28-19-6-3-2-5-17(19)22(32)29(24)15-9-11-16(12-10-15)36-23(25)26/h2-12,23H,13H2,1H3,(H,27,31). The van der Waals surface area contributed by atoms with Gasteiger partial charge in [-0.1, -0.05) is 41.7 Å². The highest BCUT2D eigenvalue weighted by atomic mass is 32.2. The number of aromatic nitrogens is 2. The quantitative estimate of drug-likeness (QED) is 0.136. The van der Waals surface area contributed by atoms with Gasteiger partial charge in [-0.05, 0) is 49.4 Å². The Bertz CT molecular complexity index is 1510. The van der Waals surface area contributed by atoms with Gasteiger partial charge in [0.1, 0.15) is 0 Å². The van der Waals surface area contributed by atoms with Gasteiger partial charge in [0.25, 0.3) is 17.0 Å². The molecule has 1 aromatic heterocycles. The molecular weight excluding hydrogens is 510 g/mol. The lowest BCUT2D eigenvalue weighted by molar-refractivity contribution is -0.385. The summed E-state index contributed by atoms with van der Waals surface area (Å²) in [6.45, 7) is 1.54. The van der Waals surface area contributed by atoms with Gasteiger partial charge in [-0.2, -0.15) is 8.78 Å². The summed E-state index contributed by atoms with van der Waals surface area (Å²) in [5.74, 6) is -3.15. The highest BCUT2D eigenvalue weighted by molar-refractivity contribution is 8.00. The summed E-state index contributed by atoms with van der Waals surface area (Å²) in [4.78, 5) is 41.5. The van der Waals surface area contributed by atoms with Gasteiger partial charge >= 0.3 is 0 Å². The van der Waals surface area contributed by atoms with Crippen molar-refractivity contribution < 1.29 is 18.5 Å². The molecular formula is C24H18F2N4O4S2. The molecule has 4 aromatic rings. The fourth-order valence-electron chi connectivity index (χ4n) is 3.49. The number of nitrogens with zero attached hydrogens (tertiary/aromatic N) is 3. The molecule has 1 amide bonds. The van der Waals surface area contributed by atoms with Gasteiger partial charge < -0.3 is 5.32 Å². The zero-order valence-electron chi connectivity index (χ0n) is 18.7. The number of hydrogen-bond donors (Lipinski definition) is 1. The van der Waals surface area contributed by atoms with Crippen LogP contribution in [-0.4, -0.2) is 31.9 Å². The van der Waals surface area contributed by atoms with Crippen LogP contribution in [0, 0.1) is 17.0 Å². The Labute approximate surface area is 211 Å². The zero-order chi connectivity index (χ0) is 25.8. The number of carbonyl (C=O) groups excluding carboxylic acids is 1. The number of rotatable bonds is 8. The maximum Gasteiger partial charge on any atom is 0.288 e. The normalized spacial score (nSPS) is 11.1. The highest BCUT2D eigenvalue weighted by Gasteiger charge is 2.18. The summed E-state index contributed by atoms with van der Waals surface area (Å²) in [7, 11) is 0. The van der Waals surface area contributed by atoms with E-state index in [1.165, 1.54) is 28.8 Å². The Hall–Kier alpha value is -3.77. The van der Waals surface area contributed by atoms with Gasteiger partial charge in [0, 0.05) is 11.0 Å². The van der Waals surface area contributed by atoms with Crippen molar-refractivity contribution >= 4 is 51.7 Å². The predicted octanol–water partition coefficient (Wildman–Crippen LogP) is 5.65. The average molecular weight is 529 g/mol. The Morgan fingerprint density at radius 2 is 1.83 bits per heavy atom. The van der Waals surface area contributed by atoms with Crippen LogP contribution in [-0.2, 0) is 4.79 Å². The van der Waals surface area contributed by atoms with E-state index in [4.69, 9.17) is 0 Å². The molecule has 12 heteroatoms. The molecule has 0 atom stereocenters. The van der Waals surface area contributed by atoms with Crippen LogP contribution in [0.4, 0.5) is 20.2 Å². The monoisotopic (exact) mass is 528 g/mol. The van der Waals surface area contributed by atoms with E-state index < -0.39 is 16.6 Å². The third-order valence-electron chi connectivity index (χ3n) is 5.17.